The lowest BCUT2D eigenvalue weighted by Crippen LogP contribution is -2.44. The Balaban J connectivity index is 1.50. The fourth-order valence-corrected chi connectivity index (χ4v) is 6.47. The van der Waals surface area contributed by atoms with E-state index in [0.29, 0.717) is 30.8 Å². The van der Waals surface area contributed by atoms with Gasteiger partial charge in [0.05, 0.1) is 12.3 Å². The van der Waals surface area contributed by atoms with E-state index in [1.807, 2.05) is 20.0 Å². The van der Waals surface area contributed by atoms with Gasteiger partial charge in [0.15, 0.2) is 20.3 Å². The summed E-state index contributed by atoms with van der Waals surface area (Å²) in [6.45, 7) is 20.6. The highest BCUT2D eigenvalue weighted by atomic mass is 28.4. The van der Waals surface area contributed by atoms with E-state index in [0.717, 1.165) is 5.56 Å². The first-order valence-corrected chi connectivity index (χ1v) is 16.9. The van der Waals surface area contributed by atoms with Crippen LogP contribution in [0.2, 0.25) is 18.1 Å². The van der Waals surface area contributed by atoms with Gasteiger partial charge >= 0.3 is 6.09 Å². The molecule has 40 heavy (non-hydrogen) atoms. The predicted molar refractivity (Wildman–Crippen MR) is 149 cm³/mol. The maximum Gasteiger partial charge on any atom is 0.414 e. The zero-order valence-electron chi connectivity index (χ0n) is 25.2. The molecule has 5 rings (SSSR count). The molecule has 4 heterocycles. The van der Waals surface area contributed by atoms with Crippen LogP contribution in [0.15, 0.2) is 12.3 Å². The van der Waals surface area contributed by atoms with E-state index < -0.39 is 61.9 Å². The van der Waals surface area contributed by atoms with E-state index in [4.69, 9.17) is 23.4 Å². The van der Waals surface area contributed by atoms with Gasteiger partial charge in [0.2, 0.25) is 11.6 Å². The van der Waals surface area contributed by atoms with Gasteiger partial charge in [-0.1, -0.05) is 20.8 Å². The molecule has 0 bridgehead atoms. The summed E-state index contributed by atoms with van der Waals surface area (Å²) >= 11 is 0. The number of fused-ring (bicyclic) bond motifs is 1. The second-order valence-corrected chi connectivity index (χ2v) is 18.9. The molecule has 0 spiro atoms. The molecule has 1 aliphatic carbocycles. The average Bonchev–Trinajstić information content (AvgIpc) is 3.43. The van der Waals surface area contributed by atoms with Crippen LogP contribution in [0.5, 0.6) is 0 Å². The first-order valence-electron chi connectivity index (χ1n) is 14.0. The minimum atomic E-state index is -2.07. The fourth-order valence-electron chi connectivity index (χ4n) is 5.46. The molecule has 0 N–H and O–H groups in total. The number of aromatic nitrogens is 1. The summed E-state index contributed by atoms with van der Waals surface area (Å²) in [6, 6.07) is 0. The number of ether oxygens (including phenoxy) is 4. The minimum absolute atomic E-state index is 0.0237. The number of nitrogens with zero attached hydrogens (tertiary/aromatic N) is 2. The number of Topliss-reactive ketones (excluding diaryl/α,β-unsaturated/α-hetero) is 1. The molecule has 4 aliphatic rings. The van der Waals surface area contributed by atoms with Crippen molar-refractivity contribution < 1.29 is 37.8 Å². The Morgan fingerprint density at radius 2 is 1.75 bits per heavy atom. The van der Waals surface area contributed by atoms with Crippen LogP contribution in [0.25, 0.3) is 5.70 Å². The number of ketones is 2. The molecule has 10 nitrogen and oxygen atoms in total. The van der Waals surface area contributed by atoms with Gasteiger partial charge in [-0.2, -0.15) is 0 Å². The Bertz CT molecular complexity index is 1280. The van der Waals surface area contributed by atoms with Gasteiger partial charge in [-0.15, -0.1) is 0 Å². The Hall–Kier alpha value is -2.31. The number of amides is 1. The van der Waals surface area contributed by atoms with Crippen molar-refractivity contribution in [3.8, 4) is 0 Å². The molecule has 1 aromatic heterocycles. The van der Waals surface area contributed by atoms with Crippen LogP contribution in [0.1, 0.15) is 83.2 Å². The maximum atomic E-state index is 13.4. The SMILES string of the molecule is CC(C)(C)OC(=O)N1CCc2cn([C@@H]3O[C@H](CO[Si](C)(C)C(C)(C)C)[C@H]4OC(C)(C)O[C@H]43)c3c2C1=CC(=O)C3=O. The second-order valence-electron chi connectivity index (χ2n) is 14.1. The van der Waals surface area contributed by atoms with Gasteiger partial charge in [0.1, 0.15) is 29.6 Å². The third kappa shape index (κ3) is 5.00. The molecule has 1 amide bonds. The summed E-state index contributed by atoms with van der Waals surface area (Å²) in [5, 5.41) is 0.0237. The van der Waals surface area contributed by atoms with E-state index in [2.05, 4.69) is 33.9 Å². The summed E-state index contributed by atoms with van der Waals surface area (Å²) in [7, 11) is -2.07. The molecule has 0 saturated carbocycles. The number of hydrogen-bond donors (Lipinski definition) is 0. The van der Waals surface area contributed by atoms with Crippen LogP contribution in [0.3, 0.4) is 0 Å². The van der Waals surface area contributed by atoms with E-state index in [1.165, 1.54) is 11.0 Å². The van der Waals surface area contributed by atoms with Crippen LogP contribution in [0.4, 0.5) is 4.79 Å². The molecule has 1 aromatic rings. The molecule has 2 fully saturated rings. The van der Waals surface area contributed by atoms with Crippen molar-refractivity contribution in [1.29, 1.82) is 0 Å². The monoisotopic (exact) mass is 574 g/mol. The van der Waals surface area contributed by atoms with Crippen LogP contribution >= 0.6 is 0 Å². The van der Waals surface area contributed by atoms with Gasteiger partial charge in [-0.05, 0) is 64.7 Å². The predicted octanol–water partition coefficient (Wildman–Crippen LogP) is 4.83. The van der Waals surface area contributed by atoms with E-state index in [9.17, 15) is 14.4 Å². The average molecular weight is 575 g/mol. The topological polar surface area (TPSA) is 106 Å². The summed E-state index contributed by atoms with van der Waals surface area (Å²) in [4.78, 5) is 40.8. The lowest BCUT2D eigenvalue weighted by Gasteiger charge is -2.37. The molecule has 2 saturated heterocycles. The molecule has 220 valence electrons. The molecule has 0 aromatic carbocycles. The minimum Gasteiger partial charge on any atom is -0.443 e. The third-order valence-corrected chi connectivity index (χ3v) is 12.9. The molecule has 11 heteroatoms. The van der Waals surface area contributed by atoms with Crippen molar-refractivity contribution in [3.63, 3.8) is 0 Å². The van der Waals surface area contributed by atoms with Crippen molar-refractivity contribution >= 4 is 31.7 Å². The zero-order valence-corrected chi connectivity index (χ0v) is 26.2. The van der Waals surface area contributed by atoms with Crippen LogP contribution in [-0.4, -0.2) is 78.3 Å². The number of rotatable bonds is 4. The number of hydrogen-bond acceptors (Lipinski definition) is 8. The van der Waals surface area contributed by atoms with Crippen LogP contribution in [-0.2, 0) is 34.6 Å². The Morgan fingerprint density at radius 3 is 2.38 bits per heavy atom. The maximum absolute atomic E-state index is 13.4. The van der Waals surface area contributed by atoms with Gasteiger partial charge in [0, 0.05) is 24.4 Å². The van der Waals surface area contributed by atoms with Crippen molar-refractivity contribution in [1.82, 2.24) is 9.47 Å². The smallest absolute Gasteiger partial charge is 0.414 e. The van der Waals surface area contributed by atoms with Crippen LogP contribution < -0.4 is 0 Å². The highest BCUT2D eigenvalue weighted by Gasteiger charge is 2.57. The molecule has 4 atom stereocenters. The summed E-state index contributed by atoms with van der Waals surface area (Å²) in [5.41, 5.74) is 1.31. The lowest BCUT2D eigenvalue weighted by atomic mass is 9.91. The summed E-state index contributed by atoms with van der Waals surface area (Å²) < 4.78 is 33.0. The van der Waals surface area contributed by atoms with Crippen molar-refractivity contribution in [2.75, 3.05) is 13.2 Å². The van der Waals surface area contributed by atoms with E-state index >= 15 is 0 Å². The Labute approximate surface area is 237 Å². The van der Waals surface area contributed by atoms with Gasteiger partial charge in [-0.3, -0.25) is 14.5 Å². The quantitative estimate of drug-likeness (QED) is 0.372. The van der Waals surface area contributed by atoms with E-state index in [-0.39, 0.29) is 10.7 Å². The van der Waals surface area contributed by atoms with Gasteiger partial charge in [-0.25, -0.2) is 4.79 Å². The van der Waals surface area contributed by atoms with Gasteiger partial charge < -0.3 is 27.9 Å². The normalized spacial score (nSPS) is 27.9. The fraction of sp³-hybridized carbons (Fsp3) is 0.690. The van der Waals surface area contributed by atoms with Crippen LogP contribution in [0, 0.1) is 0 Å². The number of allylic oxidation sites excluding steroid dienone is 1. The van der Waals surface area contributed by atoms with E-state index in [1.54, 1.807) is 25.3 Å². The zero-order chi connectivity index (χ0) is 29.6. The van der Waals surface area contributed by atoms with Crippen molar-refractivity contribution in [3.05, 3.63) is 29.1 Å². The summed E-state index contributed by atoms with van der Waals surface area (Å²) in [6.07, 6.45) is 0.954. The second kappa shape index (κ2) is 9.35. The lowest BCUT2D eigenvalue weighted by molar-refractivity contribution is -0.199. The molecular weight excluding hydrogens is 532 g/mol. The molecule has 3 aliphatic heterocycles. The molecule has 0 radical (unpaired) electrons. The molecular formula is C29H42N2O8Si. The van der Waals surface area contributed by atoms with Crippen molar-refractivity contribution in [2.45, 2.75) is 116 Å². The number of carbonyl (C=O) groups is 3. The molecule has 0 unspecified atom stereocenters. The highest BCUT2D eigenvalue weighted by molar-refractivity contribution is 6.74. The standard InChI is InChI=1S/C29H42N2O8Si/c1-27(2,3)39-26(34)30-12-11-16-14-31(21-20(16)17(30)13-18(32)22(21)33)25-24-23(37-29(7,8)38-24)19(36-25)15-35-40(9,10)28(4,5)6/h13-14,19,23-25H,11-12,15H2,1-10H3/t19-,23-,24-,25-/m1/s1. The largest absolute Gasteiger partial charge is 0.443 e. The third-order valence-electron chi connectivity index (χ3n) is 8.40. The Kier molecular flexibility index (Phi) is 6.82. The Morgan fingerprint density at radius 1 is 1.10 bits per heavy atom. The summed E-state index contributed by atoms with van der Waals surface area (Å²) in [5.74, 6) is -2.19. The number of carbonyl (C=O) groups excluding carboxylic acids is 3. The van der Waals surface area contributed by atoms with Crippen molar-refractivity contribution in [2.24, 2.45) is 0 Å². The van der Waals surface area contributed by atoms with Gasteiger partial charge in [0.25, 0.3) is 0 Å². The highest BCUT2D eigenvalue weighted by Crippen LogP contribution is 2.47. The first-order chi connectivity index (χ1) is 18.3. The first kappa shape index (κ1) is 29.2.